The molecule has 0 saturated carbocycles. The number of hydrogen-bond donors (Lipinski definition) is 0. The van der Waals surface area contributed by atoms with Crippen molar-refractivity contribution in [2.75, 3.05) is 32.9 Å². The van der Waals surface area contributed by atoms with Gasteiger partial charge in [-0.05, 0) is 0 Å². The van der Waals surface area contributed by atoms with Crippen molar-refractivity contribution in [1.29, 1.82) is 0 Å². The van der Waals surface area contributed by atoms with Crippen molar-refractivity contribution in [3.8, 4) is 0 Å². The van der Waals surface area contributed by atoms with Crippen LogP contribution >= 0.6 is 22.6 Å². The standard InChI is InChI=1S/C10H19IO5/c1-12-7-6(5-11)16-10(15-4)9(14-3)8(7)13-2/h6-10H,5H2,1-4H3/t6-,7-,8+,9-,10+/m1/s1. The summed E-state index contributed by atoms with van der Waals surface area (Å²) in [7, 11) is 6.51. The molecule has 0 N–H and O–H groups in total. The van der Waals surface area contributed by atoms with Crippen molar-refractivity contribution in [3.05, 3.63) is 0 Å². The van der Waals surface area contributed by atoms with Crippen LogP contribution < -0.4 is 0 Å². The van der Waals surface area contributed by atoms with E-state index in [1.54, 1.807) is 28.4 Å². The Labute approximate surface area is 110 Å². The van der Waals surface area contributed by atoms with Crippen molar-refractivity contribution in [2.45, 2.75) is 30.7 Å². The lowest BCUT2D eigenvalue weighted by Gasteiger charge is -2.43. The molecule has 0 spiro atoms. The van der Waals surface area contributed by atoms with Crippen LogP contribution in [0, 0.1) is 0 Å². The van der Waals surface area contributed by atoms with Crippen LogP contribution in [0.15, 0.2) is 0 Å². The first kappa shape index (κ1) is 14.6. The molecule has 16 heavy (non-hydrogen) atoms. The van der Waals surface area contributed by atoms with E-state index in [4.69, 9.17) is 23.7 Å². The van der Waals surface area contributed by atoms with E-state index in [1.165, 1.54) is 0 Å². The van der Waals surface area contributed by atoms with Gasteiger partial charge >= 0.3 is 0 Å². The molecule has 5 atom stereocenters. The van der Waals surface area contributed by atoms with E-state index in [2.05, 4.69) is 22.6 Å². The van der Waals surface area contributed by atoms with Gasteiger partial charge in [-0.15, -0.1) is 0 Å². The van der Waals surface area contributed by atoms with E-state index < -0.39 is 6.29 Å². The Hall–Kier alpha value is 0.530. The smallest absolute Gasteiger partial charge is 0.186 e. The summed E-state index contributed by atoms with van der Waals surface area (Å²) in [6, 6.07) is 0. The molecule has 0 aromatic carbocycles. The van der Waals surface area contributed by atoms with E-state index in [9.17, 15) is 0 Å². The maximum absolute atomic E-state index is 5.76. The fraction of sp³-hybridized carbons (Fsp3) is 1.00. The summed E-state index contributed by atoms with van der Waals surface area (Å²) in [5, 5.41) is 0. The lowest BCUT2D eigenvalue weighted by atomic mass is 9.99. The fourth-order valence-electron chi connectivity index (χ4n) is 1.99. The van der Waals surface area contributed by atoms with Gasteiger partial charge in [-0.1, -0.05) is 22.6 Å². The van der Waals surface area contributed by atoms with Gasteiger partial charge in [-0.25, -0.2) is 0 Å². The van der Waals surface area contributed by atoms with E-state index in [0.717, 1.165) is 4.43 Å². The van der Waals surface area contributed by atoms with Crippen LogP contribution in [-0.4, -0.2) is 63.6 Å². The van der Waals surface area contributed by atoms with Crippen LogP contribution in [0.25, 0.3) is 0 Å². The van der Waals surface area contributed by atoms with E-state index in [1.807, 2.05) is 0 Å². The van der Waals surface area contributed by atoms with Gasteiger partial charge in [0.05, 0.1) is 6.10 Å². The number of halogens is 1. The summed E-state index contributed by atoms with van der Waals surface area (Å²) in [5.41, 5.74) is 0. The molecule has 96 valence electrons. The van der Waals surface area contributed by atoms with Gasteiger partial charge in [-0.3, -0.25) is 0 Å². The summed E-state index contributed by atoms with van der Waals surface area (Å²) >= 11 is 2.26. The molecule has 0 aromatic rings. The molecule has 0 bridgehead atoms. The Balaban J connectivity index is 2.85. The Morgan fingerprint density at radius 2 is 1.44 bits per heavy atom. The van der Waals surface area contributed by atoms with Gasteiger partial charge in [0.2, 0.25) is 0 Å². The third-order valence-electron chi connectivity index (χ3n) is 2.79. The molecule has 0 aromatic heterocycles. The minimum atomic E-state index is -0.416. The number of methoxy groups -OCH3 is 4. The molecule has 5 nitrogen and oxygen atoms in total. The molecule has 0 unspecified atom stereocenters. The van der Waals surface area contributed by atoms with Crippen LogP contribution in [0.4, 0.5) is 0 Å². The van der Waals surface area contributed by atoms with Gasteiger partial charge in [-0.2, -0.15) is 0 Å². The first-order valence-corrected chi connectivity index (χ1v) is 6.58. The predicted molar refractivity (Wildman–Crippen MR) is 66.9 cm³/mol. The Kier molecular flexibility index (Phi) is 6.45. The fourth-order valence-corrected chi connectivity index (χ4v) is 2.70. The molecule has 1 heterocycles. The van der Waals surface area contributed by atoms with Crippen LogP contribution in [-0.2, 0) is 23.7 Å². The van der Waals surface area contributed by atoms with Crippen LogP contribution in [0.2, 0.25) is 0 Å². The van der Waals surface area contributed by atoms with Crippen LogP contribution in [0.5, 0.6) is 0 Å². The van der Waals surface area contributed by atoms with Crippen molar-refractivity contribution in [2.24, 2.45) is 0 Å². The Bertz CT molecular complexity index is 186. The highest BCUT2D eigenvalue weighted by atomic mass is 127. The van der Waals surface area contributed by atoms with E-state index in [-0.39, 0.29) is 24.4 Å². The Morgan fingerprint density at radius 3 is 1.81 bits per heavy atom. The second kappa shape index (κ2) is 7.07. The van der Waals surface area contributed by atoms with Crippen LogP contribution in [0.1, 0.15) is 0 Å². The molecule has 1 rings (SSSR count). The summed E-state index contributed by atoms with van der Waals surface area (Å²) < 4.78 is 28.1. The minimum absolute atomic E-state index is 0.0492. The third-order valence-corrected chi connectivity index (χ3v) is 3.66. The topological polar surface area (TPSA) is 46.2 Å². The lowest BCUT2D eigenvalue weighted by Crippen LogP contribution is -2.60. The molecule has 1 fully saturated rings. The van der Waals surface area contributed by atoms with E-state index >= 15 is 0 Å². The number of rotatable bonds is 5. The monoisotopic (exact) mass is 346 g/mol. The zero-order valence-corrected chi connectivity index (χ0v) is 12.2. The van der Waals surface area contributed by atoms with Gasteiger partial charge < -0.3 is 23.7 Å². The molecule has 1 aliphatic heterocycles. The zero-order valence-electron chi connectivity index (χ0n) is 10.0. The highest BCUT2D eigenvalue weighted by molar-refractivity contribution is 14.1. The summed E-state index contributed by atoms with van der Waals surface area (Å²) in [5.74, 6) is 0. The second-order valence-corrected chi connectivity index (χ2v) is 4.41. The molecule has 0 radical (unpaired) electrons. The summed E-state index contributed by atoms with van der Waals surface area (Å²) in [6.45, 7) is 0. The molecule has 0 amide bonds. The Morgan fingerprint density at radius 1 is 0.875 bits per heavy atom. The lowest BCUT2D eigenvalue weighted by molar-refractivity contribution is -0.297. The average molecular weight is 346 g/mol. The maximum Gasteiger partial charge on any atom is 0.186 e. The van der Waals surface area contributed by atoms with Gasteiger partial charge in [0, 0.05) is 32.9 Å². The summed E-state index contributed by atoms with van der Waals surface area (Å²) in [4.78, 5) is 0. The maximum atomic E-state index is 5.76. The highest BCUT2D eigenvalue weighted by Crippen LogP contribution is 2.28. The quantitative estimate of drug-likeness (QED) is 0.545. The molecule has 0 aliphatic carbocycles. The zero-order chi connectivity index (χ0) is 12.1. The normalized spacial score (nSPS) is 39.9. The molecular weight excluding hydrogens is 327 g/mol. The predicted octanol–water partition coefficient (Wildman–Crippen LogP) is 0.838. The largest absolute Gasteiger partial charge is 0.376 e. The van der Waals surface area contributed by atoms with Crippen molar-refractivity contribution < 1.29 is 23.7 Å². The van der Waals surface area contributed by atoms with Crippen molar-refractivity contribution in [3.63, 3.8) is 0 Å². The second-order valence-electron chi connectivity index (χ2n) is 3.53. The van der Waals surface area contributed by atoms with Gasteiger partial charge in [0.25, 0.3) is 0 Å². The van der Waals surface area contributed by atoms with Crippen molar-refractivity contribution in [1.82, 2.24) is 0 Å². The summed E-state index contributed by atoms with van der Waals surface area (Å²) in [6.07, 6.45) is -1.07. The third kappa shape index (κ3) is 2.85. The van der Waals surface area contributed by atoms with E-state index in [0.29, 0.717) is 0 Å². The van der Waals surface area contributed by atoms with Crippen LogP contribution in [0.3, 0.4) is 0 Å². The molecule has 1 aliphatic rings. The first-order chi connectivity index (χ1) is 7.73. The molecule has 1 saturated heterocycles. The molecular formula is C10H19IO5. The highest BCUT2D eigenvalue weighted by Gasteiger charge is 2.46. The van der Waals surface area contributed by atoms with Gasteiger partial charge in [0.1, 0.15) is 18.3 Å². The number of hydrogen-bond acceptors (Lipinski definition) is 5. The average Bonchev–Trinajstić information content (AvgIpc) is 2.35. The SMILES string of the molecule is CO[C@H]1O[C@H](CI)[C@@H](OC)[C@H](OC)[C@H]1OC. The number of alkyl halides is 1. The van der Waals surface area contributed by atoms with Crippen molar-refractivity contribution >= 4 is 22.6 Å². The number of ether oxygens (including phenoxy) is 5. The molecule has 6 heteroatoms. The van der Waals surface area contributed by atoms with Gasteiger partial charge in [0.15, 0.2) is 6.29 Å². The first-order valence-electron chi connectivity index (χ1n) is 5.06. The minimum Gasteiger partial charge on any atom is -0.376 e.